The molecule has 2 atom stereocenters. The predicted molar refractivity (Wildman–Crippen MR) is 160 cm³/mol. The average Bonchev–Trinajstić information content (AvgIpc) is 3.17. The second-order valence-corrected chi connectivity index (χ2v) is 12.3. The highest BCUT2D eigenvalue weighted by atomic mass is 19.2. The molecule has 1 N–H and O–H groups in total. The molecule has 4 aromatic rings. The first kappa shape index (κ1) is 45.9. The summed E-state index contributed by atoms with van der Waals surface area (Å²) < 4.78 is 294. The summed E-state index contributed by atoms with van der Waals surface area (Å²) in [5, 5.41) is 0. The minimum Gasteiger partial charge on any atom is -0.331 e. The SMILES string of the molecule is CCC(C)[NH+](CC)C(C)CC.Fc1c(F)c(F)c([B-](c2c(F)c(F)c(F)c(F)c2F)(c2c(F)c(F)c(F)c(F)c2F)c2c(F)c(F)c(F)c(F)c2F)c(F)c1F. The zero-order valence-corrected chi connectivity index (χ0v) is 28.9. The number of rotatable bonds is 9. The van der Waals surface area contributed by atoms with Gasteiger partial charge in [0.15, 0.2) is 69.8 Å². The molecule has 0 spiro atoms. The van der Waals surface area contributed by atoms with Crippen LogP contribution in [0.25, 0.3) is 0 Å². The van der Waals surface area contributed by atoms with Gasteiger partial charge >= 0.3 is 0 Å². The van der Waals surface area contributed by atoms with E-state index >= 15 is 35.1 Å². The lowest BCUT2D eigenvalue weighted by molar-refractivity contribution is -0.944. The fourth-order valence-corrected chi connectivity index (χ4v) is 6.58. The Kier molecular flexibility index (Phi) is 13.9. The first-order chi connectivity index (χ1) is 25.9. The average molecular weight is 837 g/mol. The second kappa shape index (κ2) is 16.9. The van der Waals surface area contributed by atoms with Crippen molar-refractivity contribution in [2.45, 2.75) is 59.5 Å². The van der Waals surface area contributed by atoms with E-state index in [0.29, 0.717) is 0 Å². The maximum absolute atomic E-state index is 15.4. The zero-order valence-electron chi connectivity index (χ0n) is 28.9. The van der Waals surface area contributed by atoms with Crippen LogP contribution in [0.5, 0.6) is 0 Å². The number of hydrogen-bond acceptors (Lipinski definition) is 0. The Bertz CT molecular complexity index is 1780. The lowest BCUT2D eigenvalue weighted by Gasteiger charge is -2.44. The van der Waals surface area contributed by atoms with Crippen molar-refractivity contribution in [3.8, 4) is 0 Å². The molecule has 4 aromatic carbocycles. The lowest BCUT2D eigenvalue weighted by Crippen LogP contribution is -3.18. The largest absolute Gasteiger partial charge is 0.331 e. The van der Waals surface area contributed by atoms with Crippen molar-refractivity contribution in [1.29, 1.82) is 0 Å². The van der Waals surface area contributed by atoms with Gasteiger partial charge in [-0.05, 0) is 33.6 Å². The minimum absolute atomic E-state index is 0.829. The van der Waals surface area contributed by atoms with Crippen molar-refractivity contribution in [1.82, 2.24) is 0 Å². The van der Waals surface area contributed by atoms with Gasteiger partial charge in [-0.25, -0.2) is 87.8 Å². The zero-order chi connectivity index (χ0) is 43.2. The van der Waals surface area contributed by atoms with E-state index in [-0.39, 0.29) is 0 Å². The van der Waals surface area contributed by atoms with Crippen LogP contribution in [0.1, 0.15) is 47.5 Å². The van der Waals surface area contributed by atoms with Crippen LogP contribution in [0.3, 0.4) is 0 Å². The van der Waals surface area contributed by atoms with Crippen LogP contribution in [0.2, 0.25) is 0 Å². The smallest absolute Gasteiger partial charge is 0.200 e. The Balaban J connectivity index is 0.000000665. The number of halogens is 20. The quantitative estimate of drug-likeness (QED) is 0.0781. The summed E-state index contributed by atoms with van der Waals surface area (Å²) in [5.41, 5.74) is -14.3. The lowest BCUT2D eigenvalue weighted by atomic mass is 9.12. The molecule has 0 aliphatic rings. The van der Waals surface area contributed by atoms with Crippen molar-refractivity contribution < 1.29 is 92.7 Å². The summed E-state index contributed by atoms with van der Waals surface area (Å²) >= 11 is 0. The molecular formula is C34H24BF20N. The predicted octanol–water partition coefficient (Wildman–Crippen LogP) is 7.33. The molecule has 4 rings (SSSR count). The fraction of sp³-hybridized carbons (Fsp3) is 0.294. The van der Waals surface area contributed by atoms with E-state index in [0.717, 1.165) is 12.1 Å². The monoisotopic (exact) mass is 837 g/mol. The van der Waals surface area contributed by atoms with Crippen molar-refractivity contribution >= 4 is 28.0 Å². The summed E-state index contributed by atoms with van der Waals surface area (Å²) in [6, 6.07) is 1.66. The number of benzene rings is 4. The van der Waals surface area contributed by atoms with E-state index in [9.17, 15) is 52.7 Å². The Hall–Kier alpha value is -4.50. The van der Waals surface area contributed by atoms with Crippen LogP contribution in [0, 0.1) is 116 Å². The maximum atomic E-state index is 15.4. The van der Waals surface area contributed by atoms with Gasteiger partial charge in [0.25, 0.3) is 0 Å². The van der Waals surface area contributed by atoms with E-state index in [2.05, 4.69) is 34.6 Å². The van der Waals surface area contributed by atoms with Crippen molar-refractivity contribution in [2.75, 3.05) is 6.54 Å². The molecule has 0 fully saturated rings. The normalized spacial score (nSPS) is 13.4. The Morgan fingerprint density at radius 1 is 0.304 bits per heavy atom. The molecule has 308 valence electrons. The van der Waals surface area contributed by atoms with Crippen LogP contribution in [0.4, 0.5) is 87.8 Å². The van der Waals surface area contributed by atoms with E-state index in [4.69, 9.17) is 0 Å². The van der Waals surface area contributed by atoms with Gasteiger partial charge in [-0.15, -0.1) is 21.9 Å². The number of hydrogen-bond donors (Lipinski definition) is 1. The molecule has 0 bridgehead atoms. The van der Waals surface area contributed by atoms with E-state index in [1.54, 1.807) is 4.90 Å². The van der Waals surface area contributed by atoms with Gasteiger partial charge in [-0.2, -0.15) is 0 Å². The molecule has 0 amide bonds. The molecule has 56 heavy (non-hydrogen) atoms. The molecule has 0 aliphatic heterocycles. The van der Waals surface area contributed by atoms with Crippen molar-refractivity contribution in [2.24, 2.45) is 0 Å². The van der Waals surface area contributed by atoms with Crippen molar-refractivity contribution in [3.63, 3.8) is 0 Å². The van der Waals surface area contributed by atoms with Gasteiger partial charge in [-0.3, -0.25) is 0 Å². The molecule has 0 heterocycles. The van der Waals surface area contributed by atoms with E-state index in [1.165, 1.54) is 19.4 Å². The Labute approximate surface area is 303 Å². The third-order valence-electron chi connectivity index (χ3n) is 9.61. The van der Waals surface area contributed by atoms with Crippen LogP contribution in [0.15, 0.2) is 0 Å². The molecule has 0 saturated heterocycles. The molecular weight excluding hydrogens is 813 g/mol. The Morgan fingerprint density at radius 2 is 0.446 bits per heavy atom. The Morgan fingerprint density at radius 3 is 0.571 bits per heavy atom. The van der Waals surface area contributed by atoms with Gasteiger partial charge in [0.2, 0.25) is 0 Å². The first-order valence-corrected chi connectivity index (χ1v) is 16.0. The van der Waals surface area contributed by atoms with Crippen LogP contribution >= 0.6 is 0 Å². The molecule has 0 saturated carbocycles. The highest BCUT2D eigenvalue weighted by Gasteiger charge is 2.52. The molecule has 2 unspecified atom stereocenters. The summed E-state index contributed by atoms with van der Waals surface area (Å²) in [7, 11) is 0. The minimum atomic E-state index is -7.22. The topological polar surface area (TPSA) is 4.44 Å². The van der Waals surface area contributed by atoms with Gasteiger partial charge in [0.1, 0.15) is 52.7 Å². The summed E-state index contributed by atoms with van der Waals surface area (Å²) in [6.07, 6.45) is -4.62. The van der Waals surface area contributed by atoms with Gasteiger partial charge in [0, 0.05) is 0 Å². The van der Waals surface area contributed by atoms with Crippen LogP contribution in [-0.2, 0) is 0 Å². The number of nitrogens with one attached hydrogen (secondary N) is 1. The molecule has 0 aromatic heterocycles. The fourth-order valence-electron chi connectivity index (χ4n) is 6.58. The second-order valence-electron chi connectivity index (χ2n) is 12.3. The van der Waals surface area contributed by atoms with Crippen LogP contribution in [-0.4, -0.2) is 24.8 Å². The van der Waals surface area contributed by atoms with Crippen LogP contribution < -0.4 is 26.8 Å². The highest BCUT2D eigenvalue weighted by molar-refractivity contribution is 7.20. The molecule has 0 aliphatic carbocycles. The summed E-state index contributed by atoms with van der Waals surface area (Å²) in [4.78, 5) is 1.76. The van der Waals surface area contributed by atoms with Gasteiger partial charge in [-0.1, -0.05) is 13.8 Å². The van der Waals surface area contributed by atoms with E-state index < -0.39 is 144 Å². The molecule has 22 heteroatoms. The maximum Gasteiger partial charge on any atom is 0.200 e. The van der Waals surface area contributed by atoms with Crippen molar-refractivity contribution in [3.05, 3.63) is 116 Å². The molecule has 0 radical (unpaired) electrons. The third-order valence-corrected chi connectivity index (χ3v) is 9.61. The standard InChI is InChI=1S/C24BF20.C10H23N/c26-5-1(6(27)14(35)21(42)13(5)34)25(2-7(28)15(36)22(43)16(37)8(2)29,3-9(30)17(38)23(44)18(39)10(3)31)4-11(32)19(40)24(45)20(41)12(4)33;1-6-9(4)11(8-3)10(5)7-2/h;9-10H,6-8H2,1-5H3/q-1;/p+1. The van der Waals surface area contributed by atoms with Gasteiger partial charge < -0.3 is 4.90 Å². The summed E-state index contributed by atoms with van der Waals surface area (Å²) in [6.45, 7) is 12.8. The van der Waals surface area contributed by atoms with Gasteiger partial charge in [0.05, 0.1) is 18.6 Å². The highest BCUT2D eigenvalue weighted by Crippen LogP contribution is 2.30. The third kappa shape index (κ3) is 6.94. The van der Waals surface area contributed by atoms with E-state index in [1.807, 2.05) is 0 Å². The number of quaternary nitrogens is 1. The first-order valence-electron chi connectivity index (χ1n) is 16.0. The summed E-state index contributed by atoms with van der Waals surface area (Å²) in [5.74, 6) is -71.4. The molecule has 1 nitrogen and oxygen atoms in total.